The van der Waals surface area contributed by atoms with E-state index in [-0.39, 0.29) is 20.3 Å². The Hall–Kier alpha value is 0.297. The standard InChI is InChI=1S/C19H39N.Li.H/c1-5-7-9-11-13-16-20(18-15-19(3)4)17-14-12-10-8-6-2;;/h15H,5-14,16-18H2,1-4H3;;/q;+1;-1. The van der Waals surface area contributed by atoms with Crippen LogP contribution < -0.4 is 18.9 Å². The molecular formula is C19H40LiN. The van der Waals surface area contributed by atoms with Gasteiger partial charge in [0.25, 0.3) is 0 Å². The normalized spacial score (nSPS) is 10.5. The average Bonchev–Trinajstić information content (AvgIpc) is 2.43. The van der Waals surface area contributed by atoms with Gasteiger partial charge in [-0.15, -0.1) is 0 Å². The van der Waals surface area contributed by atoms with Crippen LogP contribution in [0.4, 0.5) is 0 Å². The van der Waals surface area contributed by atoms with Crippen molar-refractivity contribution >= 4 is 0 Å². The molecule has 0 fully saturated rings. The van der Waals surface area contributed by atoms with E-state index in [1.165, 1.54) is 82.9 Å². The number of nitrogens with zero attached hydrogens (tertiary/aromatic N) is 1. The van der Waals surface area contributed by atoms with Gasteiger partial charge in [-0.1, -0.05) is 76.9 Å². The zero-order valence-electron chi connectivity index (χ0n) is 16.7. The van der Waals surface area contributed by atoms with E-state index in [0.29, 0.717) is 0 Å². The molecule has 1 nitrogen and oxygen atoms in total. The first-order valence-corrected chi connectivity index (χ1v) is 9.06. The van der Waals surface area contributed by atoms with E-state index in [0.717, 1.165) is 6.54 Å². The summed E-state index contributed by atoms with van der Waals surface area (Å²) in [5, 5.41) is 0. The van der Waals surface area contributed by atoms with Crippen LogP contribution in [0.5, 0.6) is 0 Å². The molecule has 0 aliphatic rings. The van der Waals surface area contributed by atoms with Crippen LogP contribution in [0.3, 0.4) is 0 Å². The molecule has 0 saturated carbocycles. The SMILES string of the molecule is CCCCCCCN(CC=C(C)C)CCCCCCC.[H-].[Li+]. The van der Waals surface area contributed by atoms with Gasteiger partial charge in [0, 0.05) is 6.54 Å². The van der Waals surface area contributed by atoms with Gasteiger partial charge in [-0.2, -0.15) is 0 Å². The van der Waals surface area contributed by atoms with E-state index in [1.807, 2.05) is 0 Å². The van der Waals surface area contributed by atoms with Gasteiger partial charge in [-0.05, 0) is 39.8 Å². The molecule has 0 rings (SSSR count). The topological polar surface area (TPSA) is 3.24 Å². The van der Waals surface area contributed by atoms with Crippen molar-refractivity contribution in [2.75, 3.05) is 19.6 Å². The quantitative estimate of drug-likeness (QED) is 0.269. The van der Waals surface area contributed by atoms with E-state index in [9.17, 15) is 0 Å². The number of hydrogen-bond acceptors (Lipinski definition) is 1. The van der Waals surface area contributed by atoms with Gasteiger partial charge >= 0.3 is 18.9 Å². The number of hydrogen-bond donors (Lipinski definition) is 0. The van der Waals surface area contributed by atoms with Crippen molar-refractivity contribution in [3.8, 4) is 0 Å². The Morgan fingerprint density at radius 3 is 1.57 bits per heavy atom. The van der Waals surface area contributed by atoms with E-state index in [1.54, 1.807) is 0 Å². The zero-order chi connectivity index (χ0) is 15.1. The molecule has 0 aromatic carbocycles. The first-order chi connectivity index (χ1) is 9.70. The molecular weight excluding hydrogens is 249 g/mol. The van der Waals surface area contributed by atoms with Crippen LogP contribution in [-0.2, 0) is 0 Å². The van der Waals surface area contributed by atoms with E-state index >= 15 is 0 Å². The Bertz CT molecular complexity index is 213. The van der Waals surface area contributed by atoms with Crippen LogP contribution in [0.1, 0.15) is 93.3 Å². The summed E-state index contributed by atoms with van der Waals surface area (Å²) in [5.41, 5.74) is 1.45. The van der Waals surface area contributed by atoms with Crippen LogP contribution in [0.15, 0.2) is 11.6 Å². The second kappa shape index (κ2) is 18.3. The third-order valence-corrected chi connectivity index (χ3v) is 3.91. The fourth-order valence-electron chi connectivity index (χ4n) is 2.48. The zero-order valence-corrected chi connectivity index (χ0v) is 15.7. The minimum atomic E-state index is 0. The molecule has 0 radical (unpaired) electrons. The Kier molecular flexibility index (Phi) is 20.6. The Morgan fingerprint density at radius 1 is 0.762 bits per heavy atom. The van der Waals surface area contributed by atoms with Gasteiger partial charge < -0.3 is 1.43 Å². The van der Waals surface area contributed by atoms with Crippen molar-refractivity contribution in [3.05, 3.63) is 11.6 Å². The molecule has 122 valence electrons. The maximum atomic E-state index is 2.66. The Labute approximate surface area is 148 Å². The molecule has 0 bridgehead atoms. The molecule has 0 heterocycles. The van der Waals surface area contributed by atoms with Crippen molar-refractivity contribution < 1.29 is 20.3 Å². The largest absolute Gasteiger partial charge is 1.00 e. The summed E-state index contributed by atoms with van der Waals surface area (Å²) in [4.78, 5) is 2.66. The fraction of sp³-hybridized carbons (Fsp3) is 0.895. The third kappa shape index (κ3) is 18.2. The maximum Gasteiger partial charge on any atom is 1.00 e. The second-order valence-electron chi connectivity index (χ2n) is 6.41. The summed E-state index contributed by atoms with van der Waals surface area (Å²) >= 11 is 0. The number of rotatable bonds is 14. The number of allylic oxidation sites excluding steroid dienone is 1. The van der Waals surface area contributed by atoms with Gasteiger partial charge in [0.1, 0.15) is 0 Å². The maximum absolute atomic E-state index is 2.66. The van der Waals surface area contributed by atoms with Crippen molar-refractivity contribution in [1.82, 2.24) is 4.90 Å². The summed E-state index contributed by atoms with van der Waals surface area (Å²) < 4.78 is 0. The van der Waals surface area contributed by atoms with Crippen molar-refractivity contribution in [3.63, 3.8) is 0 Å². The van der Waals surface area contributed by atoms with Gasteiger partial charge in [0.05, 0.1) is 0 Å². The first kappa shape index (κ1) is 23.6. The molecule has 0 atom stereocenters. The Morgan fingerprint density at radius 2 is 1.19 bits per heavy atom. The smallest absolute Gasteiger partial charge is 1.00 e. The molecule has 0 aromatic heterocycles. The summed E-state index contributed by atoms with van der Waals surface area (Å²) in [6.45, 7) is 12.7. The van der Waals surface area contributed by atoms with Crippen molar-refractivity contribution in [1.29, 1.82) is 0 Å². The molecule has 0 aliphatic carbocycles. The molecule has 0 aromatic rings. The second-order valence-corrected chi connectivity index (χ2v) is 6.41. The summed E-state index contributed by atoms with van der Waals surface area (Å²) in [5.74, 6) is 0. The van der Waals surface area contributed by atoms with Crippen molar-refractivity contribution in [2.24, 2.45) is 0 Å². The van der Waals surface area contributed by atoms with E-state index in [4.69, 9.17) is 0 Å². The van der Waals surface area contributed by atoms with Crippen molar-refractivity contribution in [2.45, 2.75) is 91.9 Å². The minimum Gasteiger partial charge on any atom is -1.00 e. The van der Waals surface area contributed by atoms with Crippen LogP contribution in [0, 0.1) is 0 Å². The number of unbranched alkanes of at least 4 members (excludes halogenated alkanes) is 8. The molecule has 2 heteroatoms. The molecule has 0 aliphatic heterocycles. The third-order valence-electron chi connectivity index (χ3n) is 3.91. The molecule has 21 heavy (non-hydrogen) atoms. The van der Waals surface area contributed by atoms with Gasteiger partial charge in [-0.3, -0.25) is 4.90 Å². The summed E-state index contributed by atoms with van der Waals surface area (Å²) in [7, 11) is 0. The van der Waals surface area contributed by atoms with Crippen LogP contribution in [0.2, 0.25) is 0 Å². The average molecular weight is 289 g/mol. The molecule has 0 saturated heterocycles. The van der Waals surface area contributed by atoms with Crippen LogP contribution in [-0.4, -0.2) is 24.5 Å². The molecule has 0 amide bonds. The Balaban J connectivity index is -0.00000180. The van der Waals surface area contributed by atoms with Gasteiger partial charge in [0.2, 0.25) is 0 Å². The molecule has 0 spiro atoms. The predicted octanol–water partition coefficient (Wildman–Crippen LogP) is 3.31. The van der Waals surface area contributed by atoms with Crippen LogP contribution >= 0.6 is 0 Å². The predicted molar refractivity (Wildman–Crippen MR) is 94.5 cm³/mol. The minimum absolute atomic E-state index is 0. The summed E-state index contributed by atoms with van der Waals surface area (Å²) in [6, 6.07) is 0. The van der Waals surface area contributed by atoms with E-state index < -0.39 is 0 Å². The first-order valence-electron chi connectivity index (χ1n) is 9.06. The summed E-state index contributed by atoms with van der Waals surface area (Å²) in [6.07, 6.45) is 16.3. The van der Waals surface area contributed by atoms with Crippen LogP contribution in [0.25, 0.3) is 0 Å². The van der Waals surface area contributed by atoms with Gasteiger partial charge in [0.15, 0.2) is 0 Å². The molecule has 0 N–H and O–H groups in total. The molecule has 0 unspecified atom stereocenters. The van der Waals surface area contributed by atoms with Gasteiger partial charge in [-0.25, -0.2) is 0 Å². The monoisotopic (exact) mass is 289 g/mol. The van der Waals surface area contributed by atoms with E-state index in [2.05, 4.69) is 38.7 Å². The fourth-order valence-corrected chi connectivity index (χ4v) is 2.48.